The minimum atomic E-state index is -0.425. The summed E-state index contributed by atoms with van der Waals surface area (Å²) in [5.74, 6) is -0.0455. The van der Waals surface area contributed by atoms with Crippen LogP contribution in [-0.4, -0.2) is 38.2 Å². The third kappa shape index (κ3) is 5.67. The van der Waals surface area contributed by atoms with Crippen molar-refractivity contribution >= 4 is 11.8 Å². The van der Waals surface area contributed by atoms with Gasteiger partial charge in [-0.25, -0.2) is 4.79 Å². The van der Waals surface area contributed by atoms with E-state index in [-0.39, 0.29) is 19.0 Å². The second kappa shape index (κ2) is 8.87. The van der Waals surface area contributed by atoms with E-state index in [0.29, 0.717) is 24.5 Å². The fraction of sp³-hybridized carbons (Fsp3) is 0.333. The zero-order valence-electron chi connectivity index (χ0n) is 11.5. The van der Waals surface area contributed by atoms with Gasteiger partial charge in [0.2, 0.25) is 0 Å². The van der Waals surface area contributed by atoms with E-state index in [1.165, 1.54) is 0 Å². The lowest BCUT2D eigenvalue weighted by molar-refractivity contribution is -0.145. The van der Waals surface area contributed by atoms with Crippen molar-refractivity contribution in [2.45, 2.75) is 6.92 Å². The maximum atomic E-state index is 11.7. The Kier molecular flexibility index (Phi) is 7.06. The topological polar surface area (TPSA) is 61.8 Å². The van der Waals surface area contributed by atoms with Gasteiger partial charge in [0, 0.05) is 5.56 Å². The van der Waals surface area contributed by atoms with Crippen molar-refractivity contribution in [1.82, 2.24) is 0 Å². The van der Waals surface area contributed by atoms with Crippen LogP contribution in [0.1, 0.15) is 17.3 Å². The molecule has 20 heavy (non-hydrogen) atoms. The number of carbonyl (C=O) groups excluding carboxylic acids is 2. The number of rotatable bonds is 9. The second-order valence-electron chi connectivity index (χ2n) is 3.85. The van der Waals surface area contributed by atoms with E-state index < -0.39 is 5.97 Å². The van der Waals surface area contributed by atoms with Crippen LogP contribution in [0.5, 0.6) is 5.75 Å². The minimum absolute atomic E-state index is 0.00898. The third-order valence-electron chi connectivity index (χ3n) is 2.31. The molecule has 0 saturated heterocycles. The Balaban J connectivity index is 2.45. The van der Waals surface area contributed by atoms with Gasteiger partial charge in [0.15, 0.2) is 12.4 Å². The summed E-state index contributed by atoms with van der Waals surface area (Å²) in [6.07, 6.45) is 1.58. The van der Waals surface area contributed by atoms with Crippen LogP contribution in [0.4, 0.5) is 0 Å². The summed E-state index contributed by atoms with van der Waals surface area (Å²) in [6.45, 7) is 5.75. The smallest absolute Gasteiger partial charge is 0.344 e. The Hall–Kier alpha value is -2.14. The molecule has 1 rings (SSSR count). The van der Waals surface area contributed by atoms with E-state index in [4.69, 9.17) is 14.2 Å². The molecule has 0 aromatic heterocycles. The summed E-state index contributed by atoms with van der Waals surface area (Å²) >= 11 is 0. The van der Waals surface area contributed by atoms with Crippen LogP contribution in [0.25, 0.3) is 0 Å². The van der Waals surface area contributed by atoms with Crippen LogP contribution < -0.4 is 4.74 Å². The molecule has 0 aliphatic carbocycles. The summed E-state index contributed by atoms with van der Waals surface area (Å²) in [6, 6.07) is 6.50. The molecule has 0 unspecified atom stereocenters. The Morgan fingerprint density at radius 2 is 1.90 bits per heavy atom. The van der Waals surface area contributed by atoms with Crippen molar-refractivity contribution in [2.24, 2.45) is 0 Å². The number of ether oxygens (including phenoxy) is 3. The molecule has 5 heteroatoms. The largest absolute Gasteiger partial charge is 0.482 e. The summed E-state index contributed by atoms with van der Waals surface area (Å²) in [4.78, 5) is 22.8. The monoisotopic (exact) mass is 278 g/mol. The lowest BCUT2D eigenvalue weighted by Crippen LogP contribution is -2.14. The SMILES string of the molecule is C=CCOCC(=O)c1ccc(OCC(=O)OCC)cc1. The third-order valence-corrected chi connectivity index (χ3v) is 2.31. The first kappa shape index (κ1) is 15.9. The van der Waals surface area contributed by atoms with Crippen molar-refractivity contribution in [2.75, 3.05) is 26.4 Å². The first-order chi connectivity index (χ1) is 9.67. The van der Waals surface area contributed by atoms with Gasteiger partial charge in [-0.1, -0.05) is 6.08 Å². The fourth-order valence-electron chi connectivity index (χ4n) is 1.40. The summed E-state index contributed by atoms with van der Waals surface area (Å²) in [7, 11) is 0. The summed E-state index contributed by atoms with van der Waals surface area (Å²) < 4.78 is 15.0. The molecule has 0 amide bonds. The highest BCUT2D eigenvalue weighted by Crippen LogP contribution is 2.12. The number of esters is 1. The van der Waals surface area contributed by atoms with E-state index in [0.717, 1.165) is 0 Å². The first-order valence-electron chi connectivity index (χ1n) is 6.27. The molecule has 0 atom stereocenters. The van der Waals surface area contributed by atoms with Crippen LogP contribution in [0, 0.1) is 0 Å². The van der Waals surface area contributed by atoms with Crippen molar-refractivity contribution in [1.29, 1.82) is 0 Å². The zero-order chi connectivity index (χ0) is 14.8. The maximum absolute atomic E-state index is 11.7. The molecule has 1 aromatic rings. The van der Waals surface area contributed by atoms with E-state index >= 15 is 0 Å². The Morgan fingerprint density at radius 3 is 2.50 bits per heavy atom. The zero-order valence-corrected chi connectivity index (χ0v) is 11.5. The van der Waals surface area contributed by atoms with Gasteiger partial charge in [-0.05, 0) is 31.2 Å². The van der Waals surface area contributed by atoms with Gasteiger partial charge >= 0.3 is 5.97 Å². The molecular weight excluding hydrogens is 260 g/mol. The highest BCUT2D eigenvalue weighted by atomic mass is 16.6. The van der Waals surface area contributed by atoms with Gasteiger partial charge in [-0.15, -0.1) is 6.58 Å². The highest BCUT2D eigenvalue weighted by Gasteiger charge is 2.07. The lowest BCUT2D eigenvalue weighted by atomic mass is 10.1. The second-order valence-corrected chi connectivity index (χ2v) is 3.85. The van der Waals surface area contributed by atoms with E-state index in [9.17, 15) is 9.59 Å². The van der Waals surface area contributed by atoms with Crippen LogP contribution in [0.15, 0.2) is 36.9 Å². The number of hydrogen-bond donors (Lipinski definition) is 0. The predicted octanol–water partition coefficient (Wildman–Crippen LogP) is 2.01. The van der Waals surface area contributed by atoms with Gasteiger partial charge in [-0.2, -0.15) is 0 Å². The van der Waals surface area contributed by atoms with E-state index in [1.807, 2.05) is 0 Å². The Labute approximate surface area is 118 Å². The van der Waals surface area contributed by atoms with E-state index in [1.54, 1.807) is 37.3 Å². The molecule has 0 heterocycles. The molecule has 0 fully saturated rings. The van der Waals surface area contributed by atoms with E-state index in [2.05, 4.69) is 6.58 Å². The molecule has 108 valence electrons. The molecule has 0 spiro atoms. The van der Waals surface area contributed by atoms with Crippen LogP contribution in [0.3, 0.4) is 0 Å². The molecule has 0 bridgehead atoms. The van der Waals surface area contributed by atoms with Gasteiger partial charge in [0.05, 0.1) is 13.2 Å². The average molecular weight is 278 g/mol. The molecule has 0 N–H and O–H groups in total. The Bertz CT molecular complexity index is 450. The molecule has 0 aliphatic heterocycles. The van der Waals surface area contributed by atoms with Gasteiger partial charge < -0.3 is 14.2 Å². The average Bonchev–Trinajstić information content (AvgIpc) is 2.46. The first-order valence-corrected chi connectivity index (χ1v) is 6.27. The number of hydrogen-bond acceptors (Lipinski definition) is 5. The fourth-order valence-corrected chi connectivity index (χ4v) is 1.40. The number of carbonyl (C=O) groups is 2. The lowest BCUT2D eigenvalue weighted by Gasteiger charge is -2.06. The molecule has 5 nitrogen and oxygen atoms in total. The molecule has 0 saturated carbocycles. The van der Waals surface area contributed by atoms with Gasteiger partial charge in [-0.3, -0.25) is 4.79 Å². The van der Waals surface area contributed by atoms with Crippen LogP contribution in [0.2, 0.25) is 0 Å². The molecule has 0 aliphatic rings. The maximum Gasteiger partial charge on any atom is 0.344 e. The molecular formula is C15H18O5. The minimum Gasteiger partial charge on any atom is -0.482 e. The number of Topliss-reactive ketones (excluding diaryl/α,β-unsaturated/α-hetero) is 1. The molecule has 1 aromatic carbocycles. The molecule has 0 radical (unpaired) electrons. The normalized spacial score (nSPS) is 9.85. The van der Waals surface area contributed by atoms with Crippen molar-refractivity contribution in [3.8, 4) is 5.75 Å². The number of ketones is 1. The standard InChI is InChI=1S/C15H18O5/c1-3-9-18-10-14(16)12-5-7-13(8-6-12)20-11-15(17)19-4-2/h3,5-8H,1,4,9-11H2,2H3. The van der Waals surface area contributed by atoms with Gasteiger partial charge in [0.1, 0.15) is 12.4 Å². The summed E-state index contributed by atoms with van der Waals surface area (Å²) in [5.41, 5.74) is 0.526. The Morgan fingerprint density at radius 1 is 1.20 bits per heavy atom. The predicted molar refractivity (Wildman–Crippen MR) is 73.9 cm³/mol. The highest BCUT2D eigenvalue weighted by molar-refractivity contribution is 5.97. The summed E-state index contributed by atoms with van der Waals surface area (Å²) in [5, 5.41) is 0. The van der Waals surface area contributed by atoms with Crippen molar-refractivity contribution < 1.29 is 23.8 Å². The quantitative estimate of drug-likeness (QED) is 0.299. The van der Waals surface area contributed by atoms with Gasteiger partial charge in [0.25, 0.3) is 0 Å². The van der Waals surface area contributed by atoms with Crippen molar-refractivity contribution in [3.05, 3.63) is 42.5 Å². The van der Waals surface area contributed by atoms with Crippen LogP contribution >= 0.6 is 0 Å². The van der Waals surface area contributed by atoms with Crippen molar-refractivity contribution in [3.63, 3.8) is 0 Å². The number of benzene rings is 1. The van der Waals surface area contributed by atoms with Crippen LogP contribution in [-0.2, 0) is 14.3 Å².